The Kier molecular flexibility index (Phi) is 3.26. The smallest absolute Gasteiger partial charge is 0.186 e. The highest BCUT2D eigenvalue weighted by atomic mass is 32.1. The van der Waals surface area contributed by atoms with Crippen LogP contribution in [0.4, 0.5) is 0 Å². The fourth-order valence-electron chi connectivity index (χ4n) is 1.11. The molecule has 1 rings (SSSR count). The van der Waals surface area contributed by atoms with E-state index in [0.29, 0.717) is 6.73 Å². The summed E-state index contributed by atoms with van der Waals surface area (Å²) in [6, 6.07) is 0. The molecule has 0 bridgehead atoms. The zero-order valence-corrected chi connectivity index (χ0v) is 9.91. The molecule has 12 heavy (non-hydrogen) atoms. The molecular formula is C8H17NOSSi. The SMILES string of the molecule is C[Si](C)(C)OCN1CCCC1=S. The van der Waals surface area contributed by atoms with E-state index in [2.05, 4.69) is 24.5 Å². The molecule has 0 aromatic rings. The van der Waals surface area contributed by atoms with Gasteiger partial charge in [0.2, 0.25) is 0 Å². The summed E-state index contributed by atoms with van der Waals surface area (Å²) in [5.41, 5.74) is 0. The fourth-order valence-corrected chi connectivity index (χ4v) is 1.94. The van der Waals surface area contributed by atoms with Crippen LogP contribution in [0.5, 0.6) is 0 Å². The largest absolute Gasteiger partial charge is 0.400 e. The average Bonchev–Trinajstić information content (AvgIpc) is 2.29. The molecular weight excluding hydrogens is 186 g/mol. The molecule has 1 aliphatic rings. The number of nitrogens with zero attached hydrogens (tertiary/aromatic N) is 1. The van der Waals surface area contributed by atoms with E-state index in [4.69, 9.17) is 16.6 Å². The summed E-state index contributed by atoms with van der Waals surface area (Å²) in [5.74, 6) is 0. The first-order valence-electron chi connectivity index (χ1n) is 4.41. The Morgan fingerprint density at radius 1 is 1.50 bits per heavy atom. The minimum absolute atomic E-state index is 0.717. The average molecular weight is 203 g/mol. The first-order valence-corrected chi connectivity index (χ1v) is 8.22. The van der Waals surface area contributed by atoms with E-state index in [0.717, 1.165) is 18.0 Å². The first kappa shape index (κ1) is 10.1. The molecule has 0 saturated carbocycles. The van der Waals surface area contributed by atoms with Gasteiger partial charge in [-0.1, -0.05) is 12.2 Å². The first-order chi connectivity index (χ1) is 5.49. The number of rotatable bonds is 3. The Hall–Kier alpha value is 0.0669. The van der Waals surface area contributed by atoms with Crippen molar-refractivity contribution in [3.63, 3.8) is 0 Å². The Morgan fingerprint density at radius 2 is 2.17 bits per heavy atom. The van der Waals surface area contributed by atoms with Gasteiger partial charge in [0, 0.05) is 6.54 Å². The van der Waals surface area contributed by atoms with E-state index < -0.39 is 8.32 Å². The van der Waals surface area contributed by atoms with E-state index in [1.54, 1.807) is 0 Å². The fraction of sp³-hybridized carbons (Fsp3) is 0.875. The van der Waals surface area contributed by atoms with Crippen LogP contribution < -0.4 is 0 Å². The third-order valence-corrected chi connectivity index (χ3v) is 3.28. The summed E-state index contributed by atoms with van der Waals surface area (Å²) >= 11 is 5.19. The van der Waals surface area contributed by atoms with Crippen molar-refractivity contribution < 1.29 is 4.43 Å². The lowest BCUT2D eigenvalue weighted by Crippen LogP contribution is -2.34. The van der Waals surface area contributed by atoms with E-state index in [1.165, 1.54) is 6.42 Å². The number of hydrogen-bond acceptors (Lipinski definition) is 2. The molecule has 0 aromatic heterocycles. The van der Waals surface area contributed by atoms with Crippen LogP contribution in [-0.2, 0) is 4.43 Å². The Labute approximate surface area is 81.0 Å². The molecule has 0 radical (unpaired) electrons. The normalized spacial score (nSPS) is 18.9. The lowest BCUT2D eigenvalue weighted by atomic mass is 10.4. The van der Waals surface area contributed by atoms with Gasteiger partial charge in [-0.15, -0.1) is 0 Å². The van der Waals surface area contributed by atoms with Crippen molar-refractivity contribution in [3.8, 4) is 0 Å². The highest BCUT2D eigenvalue weighted by molar-refractivity contribution is 7.80. The summed E-state index contributed by atoms with van der Waals surface area (Å²) in [6.45, 7) is 8.40. The molecule has 1 fully saturated rings. The summed E-state index contributed by atoms with van der Waals surface area (Å²) in [5, 5.41) is 0. The molecule has 2 nitrogen and oxygen atoms in total. The van der Waals surface area contributed by atoms with Gasteiger partial charge in [0.1, 0.15) is 6.73 Å². The predicted octanol–water partition coefficient (Wildman–Crippen LogP) is 2.22. The minimum atomic E-state index is -1.36. The molecule has 1 aliphatic heterocycles. The summed E-state index contributed by atoms with van der Waals surface area (Å²) < 4.78 is 5.76. The molecule has 1 saturated heterocycles. The van der Waals surface area contributed by atoms with Crippen molar-refractivity contribution in [3.05, 3.63) is 0 Å². The quantitative estimate of drug-likeness (QED) is 0.515. The van der Waals surface area contributed by atoms with Gasteiger partial charge in [0.15, 0.2) is 8.32 Å². The lowest BCUT2D eigenvalue weighted by Gasteiger charge is -2.24. The highest BCUT2D eigenvalue weighted by Gasteiger charge is 2.20. The van der Waals surface area contributed by atoms with Gasteiger partial charge in [-0.05, 0) is 32.5 Å². The number of hydrogen-bond donors (Lipinski definition) is 0. The number of likely N-dealkylation sites (tertiary alicyclic amines) is 1. The van der Waals surface area contributed by atoms with Crippen LogP contribution >= 0.6 is 12.2 Å². The minimum Gasteiger partial charge on any atom is -0.400 e. The van der Waals surface area contributed by atoms with Crippen LogP contribution in [0.2, 0.25) is 19.6 Å². The molecule has 0 unspecified atom stereocenters. The molecule has 0 aromatic carbocycles. The molecule has 0 N–H and O–H groups in total. The van der Waals surface area contributed by atoms with Crippen molar-refractivity contribution in [2.24, 2.45) is 0 Å². The summed E-state index contributed by atoms with van der Waals surface area (Å²) in [6.07, 6.45) is 2.28. The monoisotopic (exact) mass is 203 g/mol. The number of thiocarbonyl (C=S) groups is 1. The lowest BCUT2D eigenvalue weighted by molar-refractivity contribution is 0.197. The maximum Gasteiger partial charge on any atom is 0.186 e. The third kappa shape index (κ3) is 3.21. The van der Waals surface area contributed by atoms with Gasteiger partial charge in [-0.3, -0.25) is 0 Å². The zero-order chi connectivity index (χ0) is 9.19. The molecule has 0 atom stereocenters. The van der Waals surface area contributed by atoms with Gasteiger partial charge in [-0.25, -0.2) is 0 Å². The van der Waals surface area contributed by atoms with Crippen molar-refractivity contribution >= 4 is 25.5 Å². The maximum atomic E-state index is 5.76. The van der Waals surface area contributed by atoms with Crippen molar-refractivity contribution in [2.75, 3.05) is 13.3 Å². The molecule has 0 aliphatic carbocycles. The topological polar surface area (TPSA) is 12.5 Å². The zero-order valence-electron chi connectivity index (χ0n) is 8.09. The van der Waals surface area contributed by atoms with Crippen molar-refractivity contribution in [1.82, 2.24) is 4.90 Å². The van der Waals surface area contributed by atoms with Crippen LogP contribution in [0.25, 0.3) is 0 Å². The van der Waals surface area contributed by atoms with Crippen LogP contribution in [-0.4, -0.2) is 31.5 Å². The Morgan fingerprint density at radius 3 is 2.58 bits per heavy atom. The van der Waals surface area contributed by atoms with E-state index >= 15 is 0 Å². The maximum absolute atomic E-state index is 5.76. The van der Waals surface area contributed by atoms with Crippen molar-refractivity contribution in [2.45, 2.75) is 32.5 Å². The molecule has 70 valence electrons. The van der Waals surface area contributed by atoms with Crippen LogP contribution in [0.1, 0.15) is 12.8 Å². The van der Waals surface area contributed by atoms with Crippen LogP contribution in [0, 0.1) is 0 Å². The Bertz CT molecular complexity index is 178. The Balaban J connectivity index is 2.27. The molecule has 0 amide bonds. The predicted molar refractivity (Wildman–Crippen MR) is 57.8 cm³/mol. The van der Waals surface area contributed by atoms with E-state index in [9.17, 15) is 0 Å². The van der Waals surface area contributed by atoms with Gasteiger partial charge >= 0.3 is 0 Å². The molecule has 0 spiro atoms. The van der Waals surface area contributed by atoms with E-state index in [1.807, 2.05) is 0 Å². The third-order valence-electron chi connectivity index (χ3n) is 1.82. The summed E-state index contributed by atoms with van der Waals surface area (Å²) in [4.78, 5) is 3.25. The summed E-state index contributed by atoms with van der Waals surface area (Å²) in [7, 11) is -1.36. The van der Waals surface area contributed by atoms with Gasteiger partial charge in [-0.2, -0.15) is 0 Å². The highest BCUT2D eigenvalue weighted by Crippen LogP contribution is 2.13. The standard InChI is InChI=1S/C8H17NOSSi/c1-12(2,3)10-7-9-6-4-5-8(9)11/h4-7H2,1-3H3. The van der Waals surface area contributed by atoms with Gasteiger partial charge in [0.05, 0.1) is 4.99 Å². The van der Waals surface area contributed by atoms with Gasteiger partial charge in [0.25, 0.3) is 0 Å². The second-order valence-electron chi connectivity index (χ2n) is 4.15. The second-order valence-corrected chi connectivity index (χ2v) is 9.13. The van der Waals surface area contributed by atoms with Crippen LogP contribution in [0.3, 0.4) is 0 Å². The van der Waals surface area contributed by atoms with Crippen LogP contribution in [0.15, 0.2) is 0 Å². The van der Waals surface area contributed by atoms with E-state index in [-0.39, 0.29) is 0 Å². The molecule has 1 heterocycles. The van der Waals surface area contributed by atoms with Crippen molar-refractivity contribution in [1.29, 1.82) is 0 Å². The second kappa shape index (κ2) is 3.85. The molecule has 4 heteroatoms. The van der Waals surface area contributed by atoms with Gasteiger partial charge < -0.3 is 9.33 Å².